The van der Waals surface area contributed by atoms with Gasteiger partial charge in [-0.05, 0) is 24.3 Å². The predicted octanol–water partition coefficient (Wildman–Crippen LogP) is 3.30. The highest BCUT2D eigenvalue weighted by atomic mass is 32.2. The standard InChI is InChI=1S/C22H32N4O2S2/c1-3-7-23-21(5-1)25-9-13-27-15-16-28-14-10-26(22-6-2-4-8-24-22)12-18-30-20-19-29-17-11-25/h1-8H,9-20H2. The van der Waals surface area contributed by atoms with Gasteiger partial charge in [0.1, 0.15) is 11.6 Å². The van der Waals surface area contributed by atoms with E-state index in [1.165, 1.54) is 11.5 Å². The zero-order valence-corrected chi connectivity index (χ0v) is 19.2. The number of ether oxygens (including phenoxy) is 2. The van der Waals surface area contributed by atoms with Gasteiger partial charge in [0.25, 0.3) is 0 Å². The van der Waals surface area contributed by atoms with Crippen LogP contribution in [0, 0.1) is 0 Å². The lowest BCUT2D eigenvalue weighted by Gasteiger charge is -2.24. The number of hydrogen-bond donors (Lipinski definition) is 0. The molecule has 2 aromatic rings. The molecular weight excluding hydrogens is 416 g/mol. The maximum absolute atomic E-state index is 5.81. The van der Waals surface area contributed by atoms with Crippen LogP contribution in [0.4, 0.5) is 11.6 Å². The molecule has 0 spiro atoms. The van der Waals surface area contributed by atoms with E-state index in [9.17, 15) is 0 Å². The Kier molecular flexibility index (Phi) is 11.2. The summed E-state index contributed by atoms with van der Waals surface area (Å²) in [5.74, 6) is 6.58. The van der Waals surface area contributed by atoms with Crippen LogP contribution in [-0.4, -0.2) is 85.6 Å². The van der Waals surface area contributed by atoms with Gasteiger partial charge in [-0.25, -0.2) is 9.97 Å². The minimum absolute atomic E-state index is 0.615. The number of hydrogen-bond acceptors (Lipinski definition) is 8. The molecule has 3 rings (SSSR count). The molecule has 0 amide bonds. The topological polar surface area (TPSA) is 50.7 Å². The van der Waals surface area contributed by atoms with Gasteiger partial charge >= 0.3 is 0 Å². The molecule has 0 bridgehead atoms. The van der Waals surface area contributed by atoms with E-state index in [0.717, 1.165) is 49.3 Å². The summed E-state index contributed by atoms with van der Waals surface area (Å²) in [6.07, 6.45) is 3.71. The number of rotatable bonds is 2. The van der Waals surface area contributed by atoms with Crippen molar-refractivity contribution in [2.24, 2.45) is 0 Å². The average Bonchev–Trinajstić information content (AvgIpc) is 2.80. The molecule has 2 aromatic heterocycles. The third-order valence-electron chi connectivity index (χ3n) is 4.71. The number of pyridine rings is 2. The van der Waals surface area contributed by atoms with Crippen LogP contribution in [-0.2, 0) is 9.47 Å². The SMILES string of the molecule is c1ccc(N2CCOCCOCCN(c3ccccn3)CCSCCSCC2)nc1. The predicted molar refractivity (Wildman–Crippen MR) is 129 cm³/mol. The second-order valence-corrected chi connectivity index (χ2v) is 9.25. The highest BCUT2D eigenvalue weighted by Gasteiger charge is 2.09. The van der Waals surface area contributed by atoms with E-state index in [1.807, 2.05) is 60.2 Å². The number of aromatic nitrogens is 2. The van der Waals surface area contributed by atoms with Crippen molar-refractivity contribution in [2.75, 3.05) is 85.4 Å². The van der Waals surface area contributed by atoms with Crippen molar-refractivity contribution in [2.45, 2.75) is 0 Å². The van der Waals surface area contributed by atoms with Crippen molar-refractivity contribution in [3.05, 3.63) is 48.8 Å². The van der Waals surface area contributed by atoms with Crippen LogP contribution in [0.1, 0.15) is 0 Å². The molecule has 3 heterocycles. The van der Waals surface area contributed by atoms with Gasteiger partial charge in [-0.1, -0.05) is 12.1 Å². The Morgan fingerprint density at radius 2 is 1.10 bits per heavy atom. The summed E-state index contributed by atoms with van der Waals surface area (Å²) in [6.45, 7) is 6.26. The molecule has 1 aliphatic heterocycles. The van der Waals surface area contributed by atoms with E-state index in [4.69, 9.17) is 9.47 Å². The third-order valence-corrected chi connectivity index (χ3v) is 6.90. The van der Waals surface area contributed by atoms with Crippen molar-refractivity contribution in [3.8, 4) is 0 Å². The van der Waals surface area contributed by atoms with E-state index >= 15 is 0 Å². The molecular formula is C22H32N4O2S2. The molecule has 0 aliphatic carbocycles. The third kappa shape index (κ3) is 8.71. The number of thioether (sulfide) groups is 2. The van der Waals surface area contributed by atoms with Gasteiger partial charge in [-0.3, -0.25) is 0 Å². The van der Waals surface area contributed by atoms with Crippen LogP contribution in [0.3, 0.4) is 0 Å². The Morgan fingerprint density at radius 3 is 1.53 bits per heavy atom. The Labute approximate surface area is 188 Å². The summed E-state index contributed by atoms with van der Waals surface area (Å²) in [5.41, 5.74) is 0. The van der Waals surface area contributed by atoms with Crippen LogP contribution in [0.5, 0.6) is 0 Å². The van der Waals surface area contributed by atoms with Crippen LogP contribution in [0.25, 0.3) is 0 Å². The van der Waals surface area contributed by atoms with Gasteiger partial charge < -0.3 is 19.3 Å². The van der Waals surface area contributed by atoms with Crippen molar-refractivity contribution in [1.82, 2.24) is 9.97 Å². The van der Waals surface area contributed by atoms with E-state index in [2.05, 4.69) is 31.9 Å². The second kappa shape index (κ2) is 14.5. The Morgan fingerprint density at radius 1 is 0.600 bits per heavy atom. The number of anilines is 2. The van der Waals surface area contributed by atoms with Crippen LogP contribution < -0.4 is 9.80 Å². The fourth-order valence-electron chi connectivity index (χ4n) is 3.11. The molecule has 0 atom stereocenters. The molecule has 0 radical (unpaired) electrons. The van der Waals surface area contributed by atoms with E-state index in [0.29, 0.717) is 26.4 Å². The minimum Gasteiger partial charge on any atom is -0.377 e. The van der Waals surface area contributed by atoms with Gasteiger partial charge in [0.05, 0.1) is 26.4 Å². The summed E-state index contributed by atoms with van der Waals surface area (Å²) in [5, 5.41) is 0. The second-order valence-electron chi connectivity index (χ2n) is 6.80. The first kappa shape index (κ1) is 23.2. The molecule has 1 aliphatic rings. The largest absolute Gasteiger partial charge is 0.377 e. The van der Waals surface area contributed by atoms with Gasteiger partial charge in [0.15, 0.2) is 0 Å². The van der Waals surface area contributed by atoms with Crippen LogP contribution in [0.2, 0.25) is 0 Å². The first-order valence-corrected chi connectivity index (χ1v) is 12.9. The van der Waals surface area contributed by atoms with Crippen molar-refractivity contribution < 1.29 is 9.47 Å². The van der Waals surface area contributed by atoms with Crippen LogP contribution in [0.15, 0.2) is 48.8 Å². The fourth-order valence-corrected chi connectivity index (χ4v) is 5.16. The molecule has 30 heavy (non-hydrogen) atoms. The maximum Gasteiger partial charge on any atom is 0.128 e. The molecule has 0 aromatic carbocycles. The molecule has 1 fully saturated rings. The van der Waals surface area contributed by atoms with E-state index in [-0.39, 0.29) is 0 Å². The summed E-state index contributed by atoms with van der Waals surface area (Å²) in [6, 6.07) is 12.1. The quantitative estimate of drug-likeness (QED) is 0.694. The molecule has 8 heteroatoms. The lowest BCUT2D eigenvalue weighted by molar-refractivity contribution is 0.0529. The summed E-state index contributed by atoms with van der Waals surface area (Å²) >= 11 is 4.03. The van der Waals surface area contributed by atoms with Gasteiger partial charge in [-0.2, -0.15) is 23.5 Å². The molecule has 164 valence electrons. The van der Waals surface area contributed by atoms with E-state index in [1.54, 1.807) is 0 Å². The summed E-state index contributed by atoms with van der Waals surface area (Å²) in [4.78, 5) is 13.6. The Hall–Kier alpha value is -1.48. The molecule has 0 unspecified atom stereocenters. The lowest BCUT2D eigenvalue weighted by atomic mass is 10.4. The van der Waals surface area contributed by atoms with Crippen LogP contribution >= 0.6 is 23.5 Å². The first-order chi connectivity index (χ1) is 14.9. The van der Waals surface area contributed by atoms with Gasteiger partial charge in [0, 0.05) is 61.6 Å². The van der Waals surface area contributed by atoms with Crippen molar-refractivity contribution >= 4 is 35.2 Å². The highest BCUT2D eigenvalue weighted by Crippen LogP contribution is 2.14. The molecule has 0 saturated carbocycles. The van der Waals surface area contributed by atoms with Crippen molar-refractivity contribution in [3.63, 3.8) is 0 Å². The zero-order valence-electron chi connectivity index (χ0n) is 17.5. The summed E-state index contributed by atoms with van der Waals surface area (Å²) in [7, 11) is 0. The van der Waals surface area contributed by atoms with Crippen molar-refractivity contribution in [1.29, 1.82) is 0 Å². The minimum atomic E-state index is 0.615. The highest BCUT2D eigenvalue weighted by molar-refractivity contribution is 8.02. The number of nitrogens with zero attached hydrogens (tertiary/aromatic N) is 4. The fraction of sp³-hybridized carbons (Fsp3) is 0.545. The monoisotopic (exact) mass is 448 g/mol. The first-order valence-electron chi connectivity index (χ1n) is 10.6. The maximum atomic E-state index is 5.81. The lowest BCUT2D eigenvalue weighted by Crippen LogP contribution is -2.32. The van der Waals surface area contributed by atoms with Gasteiger partial charge in [-0.15, -0.1) is 0 Å². The summed E-state index contributed by atoms with van der Waals surface area (Å²) < 4.78 is 11.6. The average molecular weight is 449 g/mol. The smallest absolute Gasteiger partial charge is 0.128 e. The van der Waals surface area contributed by atoms with Gasteiger partial charge in [0.2, 0.25) is 0 Å². The Balaban J connectivity index is 1.48. The normalized spacial score (nSPS) is 19.1. The molecule has 1 saturated heterocycles. The molecule has 6 nitrogen and oxygen atoms in total. The molecule has 0 N–H and O–H groups in total. The van der Waals surface area contributed by atoms with E-state index < -0.39 is 0 Å². The Bertz CT molecular complexity index is 602. The zero-order chi connectivity index (χ0) is 20.7.